The predicted molar refractivity (Wildman–Crippen MR) is 91.4 cm³/mol. The first-order valence-electron chi connectivity index (χ1n) is 9.57. The van der Waals surface area contributed by atoms with Crippen LogP contribution < -0.4 is 0 Å². The van der Waals surface area contributed by atoms with Gasteiger partial charge in [0.05, 0.1) is 12.0 Å². The van der Waals surface area contributed by atoms with Gasteiger partial charge in [-0.15, -0.1) is 0 Å². The highest BCUT2D eigenvalue weighted by Gasteiger charge is 2.40. The molecule has 3 aliphatic rings. The first kappa shape index (κ1) is 17.7. The molecule has 3 rings (SSSR count). The van der Waals surface area contributed by atoms with E-state index in [9.17, 15) is 14.7 Å². The number of carbonyl (C=O) groups is 2. The monoisotopic (exact) mass is 337 g/mol. The molecular formula is C18H31N3O3. The third kappa shape index (κ3) is 3.91. The van der Waals surface area contributed by atoms with Crippen molar-refractivity contribution in [2.45, 2.75) is 57.6 Å². The molecule has 0 bridgehead atoms. The Morgan fingerprint density at radius 2 is 1.88 bits per heavy atom. The molecular weight excluding hydrogens is 306 g/mol. The molecule has 1 aliphatic carbocycles. The Morgan fingerprint density at radius 1 is 1.21 bits per heavy atom. The molecule has 1 N–H and O–H groups in total. The first-order chi connectivity index (χ1) is 11.6. The number of amides is 2. The lowest BCUT2D eigenvalue weighted by Crippen LogP contribution is -2.52. The number of hydrogen-bond acceptors (Lipinski definition) is 4. The number of rotatable bonds is 5. The molecule has 0 aromatic heterocycles. The third-order valence-corrected chi connectivity index (χ3v) is 5.90. The lowest BCUT2D eigenvalue weighted by Gasteiger charge is -2.36. The van der Waals surface area contributed by atoms with Crippen molar-refractivity contribution in [1.82, 2.24) is 14.7 Å². The maximum atomic E-state index is 12.8. The van der Waals surface area contributed by atoms with E-state index in [0.717, 1.165) is 32.4 Å². The van der Waals surface area contributed by atoms with Gasteiger partial charge in [-0.1, -0.05) is 19.8 Å². The van der Waals surface area contributed by atoms with Gasteiger partial charge in [0.15, 0.2) is 0 Å². The number of aliphatic hydroxyl groups is 1. The molecule has 6 nitrogen and oxygen atoms in total. The van der Waals surface area contributed by atoms with Crippen LogP contribution >= 0.6 is 0 Å². The molecule has 2 heterocycles. The van der Waals surface area contributed by atoms with Crippen molar-refractivity contribution in [3.8, 4) is 0 Å². The Bertz CT molecular complexity index is 456. The number of likely N-dealkylation sites (tertiary alicyclic amines) is 1. The molecule has 2 saturated heterocycles. The third-order valence-electron chi connectivity index (χ3n) is 5.90. The normalized spacial score (nSPS) is 27.9. The molecule has 2 aliphatic heterocycles. The topological polar surface area (TPSA) is 64.1 Å². The summed E-state index contributed by atoms with van der Waals surface area (Å²) in [5.74, 6) is 0.176. The minimum absolute atomic E-state index is 0.147. The van der Waals surface area contributed by atoms with Crippen molar-refractivity contribution in [1.29, 1.82) is 0 Å². The van der Waals surface area contributed by atoms with Crippen molar-refractivity contribution >= 4 is 11.8 Å². The number of carbonyl (C=O) groups excluding carboxylic acids is 2. The van der Waals surface area contributed by atoms with Crippen molar-refractivity contribution in [2.24, 2.45) is 5.92 Å². The van der Waals surface area contributed by atoms with E-state index >= 15 is 0 Å². The first-order valence-corrected chi connectivity index (χ1v) is 9.57. The standard InChI is InChI=1S/C18H31N3O3/c1-2-16(22)13-19-7-9-20(10-8-19)18(24)14-11-17(23)21(12-14)15-5-3-4-6-15/h14-16,22H,2-13H2,1H3/t14-,16-/m1/s1. The van der Waals surface area contributed by atoms with Gasteiger partial charge in [0.2, 0.25) is 11.8 Å². The maximum absolute atomic E-state index is 12.8. The van der Waals surface area contributed by atoms with Gasteiger partial charge in [0.25, 0.3) is 0 Å². The van der Waals surface area contributed by atoms with Crippen LogP contribution in [-0.2, 0) is 9.59 Å². The zero-order chi connectivity index (χ0) is 17.1. The highest BCUT2D eigenvalue weighted by Crippen LogP contribution is 2.30. The van der Waals surface area contributed by atoms with E-state index in [1.807, 2.05) is 16.7 Å². The molecule has 3 fully saturated rings. The van der Waals surface area contributed by atoms with Crippen molar-refractivity contribution in [3.05, 3.63) is 0 Å². The van der Waals surface area contributed by atoms with Crippen LogP contribution in [0.25, 0.3) is 0 Å². The van der Waals surface area contributed by atoms with E-state index < -0.39 is 0 Å². The van der Waals surface area contributed by atoms with Gasteiger partial charge < -0.3 is 14.9 Å². The molecule has 0 aromatic carbocycles. The fourth-order valence-corrected chi connectivity index (χ4v) is 4.30. The number of hydrogen-bond donors (Lipinski definition) is 1. The van der Waals surface area contributed by atoms with E-state index in [-0.39, 0.29) is 23.8 Å². The average Bonchev–Trinajstić information content (AvgIpc) is 3.24. The van der Waals surface area contributed by atoms with E-state index in [4.69, 9.17) is 0 Å². The number of nitrogens with zero attached hydrogens (tertiary/aromatic N) is 3. The van der Waals surface area contributed by atoms with Crippen LogP contribution in [0.5, 0.6) is 0 Å². The SMILES string of the molecule is CC[C@@H](O)CN1CCN(C(=O)[C@@H]2CC(=O)N(C3CCCC3)C2)CC1. The van der Waals surface area contributed by atoms with Crippen LogP contribution in [-0.4, -0.2) is 83.0 Å². The summed E-state index contributed by atoms with van der Waals surface area (Å²) < 4.78 is 0. The minimum atomic E-state index is -0.278. The number of β-amino-alcohol motifs (C(OH)–C–C–N with tert-alkyl or cyclic N) is 1. The molecule has 0 aromatic rings. The summed E-state index contributed by atoms with van der Waals surface area (Å²) in [6.07, 6.45) is 5.50. The van der Waals surface area contributed by atoms with Gasteiger partial charge in [-0.05, 0) is 19.3 Å². The number of piperazine rings is 1. The molecule has 2 amide bonds. The van der Waals surface area contributed by atoms with E-state index in [1.165, 1.54) is 12.8 Å². The zero-order valence-corrected chi connectivity index (χ0v) is 14.8. The summed E-state index contributed by atoms with van der Waals surface area (Å²) in [6, 6.07) is 0.377. The second-order valence-electron chi connectivity index (χ2n) is 7.57. The van der Waals surface area contributed by atoms with Gasteiger partial charge in [-0.3, -0.25) is 14.5 Å². The second-order valence-corrected chi connectivity index (χ2v) is 7.57. The average molecular weight is 337 g/mol. The fraction of sp³-hybridized carbons (Fsp3) is 0.889. The molecule has 1 saturated carbocycles. The molecule has 0 radical (unpaired) electrons. The van der Waals surface area contributed by atoms with Crippen molar-refractivity contribution in [3.63, 3.8) is 0 Å². The van der Waals surface area contributed by atoms with Crippen LogP contribution in [0.3, 0.4) is 0 Å². The van der Waals surface area contributed by atoms with Gasteiger partial charge >= 0.3 is 0 Å². The fourth-order valence-electron chi connectivity index (χ4n) is 4.30. The lowest BCUT2D eigenvalue weighted by atomic mass is 10.1. The van der Waals surface area contributed by atoms with E-state index in [1.54, 1.807) is 0 Å². The number of aliphatic hydroxyl groups excluding tert-OH is 1. The summed E-state index contributed by atoms with van der Waals surface area (Å²) in [7, 11) is 0. The Labute approximate surface area is 144 Å². The summed E-state index contributed by atoms with van der Waals surface area (Å²) in [6.45, 7) is 6.35. The van der Waals surface area contributed by atoms with Gasteiger partial charge in [0.1, 0.15) is 0 Å². The van der Waals surface area contributed by atoms with Crippen LogP contribution in [0.2, 0.25) is 0 Å². The predicted octanol–water partition coefficient (Wildman–Crippen LogP) is 0.693. The van der Waals surface area contributed by atoms with Crippen molar-refractivity contribution in [2.75, 3.05) is 39.3 Å². The Hall–Kier alpha value is -1.14. The van der Waals surface area contributed by atoms with Crippen LogP contribution in [0.1, 0.15) is 45.4 Å². The highest BCUT2D eigenvalue weighted by molar-refractivity contribution is 5.89. The Kier molecular flexibility index (Phi) is 5.76. The van der Waals surface area contributed by atoms with Crippen LogP contribution in [0, 0.1) is 5.92 Å². The van der Waals surface area contributed by atoms with Gasteiger partial charge in [-0.2, -0.15) is 0 Å². The van der Waals surface area contributed by atoms with Gasteiger partial charge in [-0.25, -0.2) is 0 Å². The minimum Gasteiger partial charge on any atom is -0.392 e. The molecule has 24 heavy (non-hydrogen) atoms. The largest absolute Gasteiger partial charge is 0.392 e. The molecule has 136 valence electrons. The Balaban J connectivity index is 1.48. The zero-order valence-electron chi connectivity index (χ0n) is 14.8. The van der Waals surface area contributed by atoms with E-state index in [2.05, 4.69) is 4.90 Å². The van der Waals surface area contributed by atoms with Gasteiger partial charge in [0, 0.05) is 51.7 Å². The quantitative estimate of drug-likeness (QED) is 0.802. The lowest BCUT2D eigenvalue weighted by molar-refractivity contribution is -0.137. The molecule has 0 unspecified atom stereocenters. The Morgan fingerprint density at radius 3 is 2.50 bits per heavy atom. The molecule has 6 heteroatoms. The van der Waals surface area contributed by atoms with Crippen molar-refractivity contribution < 1.29 is 14.7 Å². The maximum Gasteiger partial charge on any atom is 0.228 e. The molecule has 2 atom stereocenters. The smallest absolute Gasteiger partial charge is 0.228 e. The van der Waals surface area contributed by atoms with Crippen LogP contribution in [0.4, 0.5) is 0 Å². The van der Waals surface area contributed by atoms with E-state index in [0.29, 0.717) is 38.6 Å². The van der Waals surface area contributed by atoms with Crippen LogP contribution in [0.15, 0.2) is 0 Å². The summed E-state index contributed by atoms with van der Waals surface area (Å²) >= 11 is 0. The molecule has 0 spiro atoms. The highest BCUT2D eigenvalue weighted by atomic mass is 16.3. The second kappa shape index (κ2) is 7.83. The summed E-state index contributed by atoms with van der Waals surface area (Å²) in [4.78, 5) is 31.2. The summed E-state index contributed by atoms with van der Waals surface area (Å²) in [5.41, 5.74) is 0. The summed E-state index contributed by atoms with van der Waals surface area (Å²) in [5, 5.41) is 9.75.